The van der Waals surface area contributed by atoms with Gasteiger partial charge in [0.25, 0.3) is 5.91 Å². The van der Waals surface area contributed by atoms with Crippen molar-refractivity contribution in [3.63, 3.8) is 0 Å². The molecule has 0 spiro atoms. The summed E-state index contributed by atoms with van der Waals surface area (Å²) in [4.78, 5) is 19.2. The second-order valence-electron chi connectivity index (χ2n) is 7.93. The Morgan fingerprint density at radius 1 is 0.912 bits per heavy atom. The van der Waals surface area contributed by atoms with Gasteiger partial charge in [-0.05, 0) is 41.8 Å². The molecule has 9 heteroatoms. The Hall–Kier alpha value is -3.82. The zero-order valence-electron chi connectivity index (χ0n) is 18.7. The van der Waals surface area contributed by atoms with Crippen LogP contribution >= 0.6 is 0 Å². The molecule has 4 aromatic rings. The molecular weight excluding hydrogens is 450 g/mol. The van der Waals surface area contributed by atoms with E-state index in [1.807, 2.05) is 60.7 Å². The number of likely N-dealkylation sites (N-methyl/N-ethyl adjacent to an activating group) is 1. The molecule has 0 unspecified atom stereocenters. The summed E-state index contributed by atoms with van der Waals surface area (Å²) >= 11 is 0. The third-order valence-electron chi connectivity index (χ3n) is 5.41. The smallest absolute Gasteiger partial charge is 0.293 e. The zero-order chi connectivity index (χ0) is 24.1. The Bertz CT molecular complexity index is 1370. The number of carbonyl (C=O) groups excluding carboxylic acids is 1. The summed E-state index contributed by atoms with van der Waals surface area (Å²) < 4.78 is 24.8. The van der Waals surface area contributed by atoms with Crippen LogP contribution in [0.2, 0.25) is 0 Å². The highest BCUT2D eigenvalue weighted by atomic mass is 32.2. The number of nitrogens with zero attached hydrogens (tertiary/aromatic N) is 4. The lowest BCUT2D eigenvalue weighted by Gasteiger charge is -2.15. The molecule has 4 rings (SSSR count). The molecule has 0 bridgehead atoms. The lowest BCUT2D eigenvalue weighted by atomic mass is 10.1. The fraction of sp³-hybridized carbons (Fsp3) is 0.160. The Balaban J connectivity index is 1.62. The van der Waals surface area contributed by atoms with Crippen molar-refractivity contribution in [2.45, 2.75) is 17.7 Å². The van der Waals surface area contributed by atoms with Crippen LogP contribution in [0.1, 0.15) is 27.6 Å². The number of carbonyl (C=O) groups is 1. The molecule has 0 fully saturated rings. The molecule has 0 atom stereocenters. The Morgan fingerprint density at radius 2 is 1.50 bits per heavy atom. The molecule has 0 aliphatic rings. The molecule has 0 aliphatic carbocycles. The second-order valence-corrected chi connectivity index (χ2v) is 9.49. The summed E-state index contributed by atoms with van der Waals surface area (Å²) in [7, 11) is -2.09. The van der Waals surface area contributed by atoms with E-state index in [0.29, 0.717) is 24.5 Å². The topological polar surface area (TPSA) is 111 Å². The van der Waals surface area contributed by atoms with Crippen molar-refractivity contribution in [2.24, 2.45) is 5.14 Å². The summed E-state index contributed by atoms with van der Waals surface area (Å²) in [6.45, 7) is 0.522. The maximum absolute atomic E-state index is 13.1. The number of benzene rings is 3. The van der Waals surface area contributed by atoms with Crippen LogP contribution in [0.25, 0.3) is 5.69 Å². The molecule has 174 valence electrons. The number of primary sulfonamides is 1. The summed E-state index contributed by atoms with van der Waals surface area (Å²) in [6, 6.07) is 25.7. The van der Waals surface area contributed by atoms with E-state index in [0.717, 1.165) is 17.5 Å². The highest BCUT2D eigenvalue weighted by molar-refractivity contribution is 7.89. The molecule has 1 heterocycles. The summed E-state index contributed by atoms with van der Waals surface area (Å²) in [5.74, 6) is 0.358. The number of nitrogens with two attached hydrogens (primary N) is 1. The van der Waals surface area contributed by atoms with Gasteiger partial charge in [-0.2, -0.15) is 0 Å². The van der Waals surface area contributed by atoms with Crippen LogP contribution < -0.4 is 5.14 Å². The fourth-order valence-corrected chi connectivity index (χ4v) is 4.04. The van der Waals surface area contributed by atoms with Gasteiger partial charge in [-0.1, -0.05) is 60.7 Å². The summed E-state index contributed by atoms with van der Waals surface area (Å²) in [5.41, 5.74) is 2.73. The molecule has 34 heavy (non-hydrogen) atoms. The van der Waals surface area contributed by atoms with E-state index in [1.165, 1.54) is 12.1 Å². The number of sulfonamides is 1. The molecule has 3 aromatic carbocycles. The maximum Gasteiger partial charge on any atom is 0.293 e. The van der Waals surface area contributed by atoms with E-state index < -0.39 is 10.0 Å². The summed E-state index contributed by atoms with van der Waals surface area (Å²) in [6.07, 6.45) is 1.17. The van der Waals surface area contributed by atoms with Crippen molar-refractivity contribution in [1.82, 2.24) is 19.7 Å². The molecular formula is C25H25N5O3S. The SMILES string of the molecule is CN(CCc1ccccc1)C(=O)c1nc(Cc2ccccc2)n(-c2ccc(S(N)(=O)=O)cc2)n1. The first kappa shape index (κ1) is 23.3. The quantitative estimate of drug-likeness (QED) is 0.421. The Kier molecular flexibility index (Phi) is 6.85. The van der Waals surface area contributed by atoms with Gasteiger partial charge in [0.15, 0.2) is 0 Å². The molecule has 0 aliphatic heterocycles. The van der Waals surface area contributed by atoms with Crippen molar-refractivity contribution < 1.29 is 13.2 Å². The van der Waals surface area contributed by atoms with Crippen LogP contribution in [0.15, 0.2) is 89.8 Å². The van der Waals surface area contributed by atoms with Gasteiger partial charge in [0.1, 0.15) is 5.82 Å². The first-order chi connectivity index (χ1) is 16.3. The predicted molar refractivity (Wildman–Crippen MR) is 129 cm³/mol. The lowest BCUT2D eigenvalue weighted by Crippen LogP contribution is -2.29. The Labute approximate surface area is 198 Å². The van der Waals surface area contributed by atoms with Crippen molar-refractivity contribution in [3.05, 3.63) is 108 Å². The van der Waals surface area contributed by atoms with E-state index in [1.54, 1.807) is 28.8 Å². The van der Waals surface area contributed by atoms with E-state index in [4.69, 9.17) is 5.14 Å². The van der Waals surface area contributed by atoms with Crippen LogP contribution in [-0.2, 0) is 22.9 Å². The minimum atomic E-state index is -3.82. The zero-order valence-corrected chi connectivity index (χ0v) is 19.5. The van der Waals surface area contributed by atoms with Gasteiger partial charge in [-0.25, -0.2) is 23.2 Å². The maximum atomic E-state index is 13.1. The van der Waals surface area contributed by atoms with Gasteiger partial charge in [-0.3, -0.25) is 4.79 Å². The lowest BCUT2D eigenvalue weighted by molar-refractivity contribution is 0.0784. The average Bonchev–Trinajstić information content (AvgIpc) is 3.26. The van der Waals surface area contributed by atoms with Gasteiger partial charge < -0.3 is 4.90 Å². The Morgan fingerprint density at radius 3 is 2.09 bits per heavy atom. The van der Waals surface area contributed by atoms with Crippen molar-refractivity contribution in [3.8, 4) is 5.69 Å². The minimum absolute atomic E-state index is 0.00193. The third kappa shape index (κ3) is 5.56. The van der Waals surface area contributed by atoms with Crippen molar-refractivity contribution >= 4 is 15.9 Å². The normalized spacial score (nSPS) is 11.4. The predicted octanol–water partition coefficient (Wildman–Crippen LogP) is 2.82. The first-order valence-electron chi connectivity index (χ1n) is 10.7. The van der Waals surface area contributed by atoms with Crippen molar-refractivity contribution in [2.75, 3.05) is 13.6 Å². The van der Waals surface area contributed by atoms with Crippen LogP contribution in [0, 0.1) is 0 Å². The summed E-state index contributed by atoms with van der Waals surface area (Å²) in [5, 5.41) is 9.69. The molecule has 8 nitrogen and oxygen atoms in total. The van der Waals surface area contributed by atoms with Crippen LogP contribution in [0.4, 0.5) is 0 Å². The van der Waals surface area contributed by atoms with Gasteiger partial charge in [0, 0.05) is 20.0 Å². The van der Waals surface area contributed by atoms with Gasteiger partial charge in [0.2, 0.25) is 15.8 Å². The molecule has 0 saturated heterocycles. The molecule has 0 saturated carbocycles. The third-order valence-corrected chi connectivity index (χ3v) is 6.33. The molecule has 1 aromatic heterocycles. The number of aromatic nitrogens is 3. The number of hydrogen-bond acceptors (Lipinski definition) is 5. The van der Waals surface area contributed by atoms with Gasteiger partial charge in [0.05, 0.1) is 10.6 Å². The highest BCUT2D eigenvalue weighted by Gasteiger charge is 2.21. The average molecular weight is 476 g/mol. The van der Waals surface area contributed by atoms with Crippen LogP contribution in [-0.4, -0.2) is 47.6 Å². The number of hydrogen-bond donors (Lipinski definition) is 1. The largest absolute Gasteiger partial charge is 0.339 e. The van der Waals surface area contributed by atoms with E-state index >= 15 is 0 Å². The van der Waals surface area contributed by atoms with E-state index in [-0.39, 0.29) is 16.6 Å². The molecule has 1 amide bonds. The van der Waals surface area contributed by atoms with E-state index in [9.17, 15) is 13.2 Å². The number of rotatable bonds is 8. The standard InChI is InChI=1S/C25H25N5O3S/c1-29(17-16-19-8-4-2-5-9-19)25(31)24-27-23(18-20-10-6-3-7-11-20)30(28-24)21-12-14-22(15-13-21)34(26,32)33/h2-15H,16-18H2,1H3,(H2,26,32,33). The minimum Gasteiger partial charge on any atom is -0.339 e. The fourth-order valence-electron chi connectivity index (χ4n) is 3.53. The van der Waals surface area contributed by atoms with E-state index in [2.05, 4.69) is 10.1 Å². The monoisotopic (exact) mass is 475 g/mol. The van der Waals surface area contributed by atoms with Gasteiger partial charge >= 0.3 is 0 Å². The molecule has 0 radical (unpaired) electrons. The number of amides is 1. The van der Waals surface area contributed by atoms with Crippen LogP contribution in [0.3, 0.4) is 0 Å². The first-order valence-corrected chi connectivity index (χ1v) is 12.3. The van der Waals surface area contributed by atoms with Crippen LogP contribution in [0.5, 0.6) is 0 Å². The molecule has 2 N–H and O–H groups in total. The van der Waals surface area contributed by atoms with Crippen molar-refractivity contribution in [1.29, 1.82) is 0 Å². The van der Waals surface area contributed by atoms with Gasteiger partial charge in [-0.15, -0.1) is 5.10 Å². The second kappa shape index (κ2) is 9.98. The highest BCUT2D eigenvalue weighted by Crippen LogP contribution is 2.17.